The van der Waals surface area contributed by atoms with E-state index in [1.165, 1.54) is 17.0 Å². The first-order valence-electron chi connectivity index (χ1n) is 7.93. The lowest BCUT2D eigenvalue weighted by Gasteiger charge is -2.32. The largest absolute Gasteiger partial charge is 0.458 e. The average Bonchev–Trinajstić information content (AvgIpc) is 2.63. The maximum absolute atomic E-state index is 12.8. The number of aromatic nitrogens is 2. The fourth-order valence-corrected chi connectivity index (χ4v) is 2.74. The van der Waals surface area contributed by atoms with Crippen molar-refractivity contribution in [2.45, 2.75) is 25.1 Å². The highest BCUT2D eigenvalue weighted by Gasteiger charge is 2.32. The summed E-state index contributed by atoms with van der Waals surface area (Å²) >= 11 is 0. The zero-order valence-electron chi connectivity index (χ0n) is 13.5. The summed E-state index contributed by atoms with van der Waals surface area (Å²) in [6.07, 6.45) is -1.73. The Kier molecular flexibility index (Phi) is 5.06. The molecule has 1 saturated heterocycles. The first-order valence-corrected chi connectivity index (χ1v) is 7.93. The Bertz CT molecular complexity index is 780. The smallest absolute Gasteiger partial charge is 0.416 e. The Morgan fingerprint density at radius 1 is 1.23 bits per heavy atom. The molecule has 0 radical (unpaired) electrons. The van der Waals surface area contributed by atoms with E-state index in [4.69, 9.17) is 4.74 Å². The summed E-state index contributed by atoms with van der Waals surface area (Å²) < 4.78 is 56.8. The molecule has 0 spiro atoms. The Labute approximate surface area is 146 Å². The maximum atomic E-state index is 12.8. The second-order valence-corrected chi connectivity index (χ2v) is 5.90. The molecule has 138 valence electrons. The van der Waals surface area contributed by atoms with Gasteiger partial charge in [0.05, 0.1) is 24.5 Å². The van der Waals surface area contributed by atoms with Crippen molar-refractivity contribution in [3.8, 4) is 6.01 Å². The number of hydrogen-bond donors (Lipinski definition) is 0. The average molecular weight is 369 g/mol. The zero-order chi connectivity index (χ0) is 18.7. The molecule has 9 heteroatoms. The number of benzene rings is 1. The highest BCUT2D eigenvalue weighted by Crippen LogP contribution is 2.30. The van der Waals surface area contributed by atoms with Crippen LogP contribution in [0, 0.1) is 5.82 Å². The van der Waals surface area contributed by atoms with E-state index in [2.05, 4.69) is 9.97 Å². The molecule has 2 aromatic rings. The van der Waals surface area contributed by atoms with E-state index in [9.17, 15) is 22.4 Å². The van der Waals surface area contributed by atoms with Gasteiger partial charge in [-0.1, -0.05) is 6.07 Å². The molecule has 1 amide bonds. The Morgan fingerprint density at radius 3 is 2.65 bits per heavy atom. The van der Waals surface area contributed by atoms with Crippen molar-refractivity contribution >= 4 is 5.91 Å². The number of alkyl halides is 3. The molecule has 1 aromatic carbocycles. The SMILES string of the molecule is O=C(c1cccc(C(F)(F)F)c1)N1CCC[C@H](Oc2ncc(F)cn2)C1. The summed E-state index contributed by atoms with van der Waals surface area (Å²) in [6, 6.07) is 4.32. The summed E-state index contributed by atoms with van der Waals surface area (Å²) in [5.74, 6) is -1.09. The van der Waals surface area contributed by atoms with E-state index in [-0.39, 0.29) is 18.1 Å². The third-order valence-electron chi connectivity index (χ3n) is 3.97. The zero-order valence-corrected chi connectivity index (χ0v) is 13.5. The van der Waals surface area contributed by atoms with Crippen molar-refractivity contribution in [2.24, 2.45) is 0 Å². The molecule has 0 bridgehead atoms. The summed E-state index contributed by atoms with van der Waals surface area (Å²) in [6.45, 7) is 0.606. The van der Waals surface area contributed by atoms with E-state index in [1.807, 2.05) is 0 Å². The lowest BCUT2D eigenvalue weighted by atomic mass is 10.1. The third-order valence-corrected chi connectivity index (χ3v) is 3.97. The highest BCUT2D eigenvalue weighted by molar-refractivity contribution is 5.94. The number of carbonyl (C=O) groups is 1. The molecule has 1 fully saturated rings. The van der Waals surface area contributed by atoms with Crippen LogP contribution >= 0.6 is 0 Å². The van der Waals surface area contributed by atoms with Gasteiger partial charge in [0.2, 0.25) is 0 Å². The first kappa shape index (κ1) is 18.1. The summed E-state index contributed by atoms with van der Waals surface area (Å²) in [5, 5.41) is 0. The van der Waals surface area contributed by atoms with Crippen LogP contribution in [0.1, 0.15) is 28.8 Å². The van der Waals surface area contributed by atoms with Gasteiger partial charge < -0.3 is 9.64 Å². The van der Waals surface area contributed by atoms with Gasteiger partial charge in [-0.15, -0.1) is 0 Å². The van der Waals surface area contributed by atoms with Crippen LogP contribution in [0.2, 0.25) is 0 Å². The van der Waals surface area contributed by atoms with Gasteiger partial charge in [-0.05, 0) is 31.0 Å². The predicted molar refractivity (Wildman–Crippen MR) is 83.0 cm³/mol. The number of carbonyl (C=O) groups excluding carboxylic acids is 1. The number of amides is 1. The topological polar surface area (TPSA) is 55.3 Å². The van der Waals surface area contributed by atoms with Gasteiger partial charge in [0.25, 0.3) is 5.91 Å². The van der Waals surface area contributed by atoms with Gasteiger partial charge in [0.1, 0.15) is 6.10 Å². The van der Waals surface area contributed by atoms with Gasteiger partial charge in [-0.25, -0.2) is 14.4 Å². The second kappa shape index (κ2) is 7.27. The fraction of sp³-hybridized carbons (Fsp3) is 0.353. The van der Waals surface area contributed by atoms with E-state index >= 15 is 0 Å². The molecule has 1 aliphatic rings. The number of rotatable bonds is 3. The normalized spacial score (nSPS) is 17.8. The standard InChI is InChI=1S/C17H15F4N3O2/c18-13-8-22-16(23-9-13)26-14-5-2-6-24(10-14)15(25)11-3-1-4-12(7-11)17(19,20)21/h1,3-4,7-9,14H,2,5-6,10H2/t14-/m0/s1. The highest BCUT2D eigenvalue weighted by atomic mass is 19.4. The van der Waals surface area contributed by atoms with Crippen LogP contribution in [-0.2, 0) is 6.18 Å². The summed E-state index contributed by atoms with van der Waals surface area (Å²) in [4.78, 5) is 21.4. The Balaban J connectivity index is 1.69. The van der Waals surface area contributed by atoms with Crippen molar-refractivity contribution < 1.29 is 27.1 Å². The minimum Gasteiger partial charge on any atom is -0.458 e. The van der Waals surface area contributed by atoms with Crippen molar-refractivity contribution in [2.75, 3.05) is 13.1 Å². The first-order chi connectivity index (χ1) is 12.3. The van der Waals surface area contributed by atoms with Crippen LogP contribution in [0.4, 0.5) is 17.6 Å². The fourth-order valence-electron chi connectivity index (χ4n) is 2.74. The number of ether oxygens (including phenoxy) is 1. The molecule has 0 unspecified atom stereocenters. The van der Waals surface area contributed by atoms with E-state index in [0.717, 1.165) is 24.5 Å². The molecule has 3 rings (SSSR count). The summed E-state index contributed by atoms with van der Waals surface area (Å²) in [7, 11) is 0. The number of likely N-dealkylation sites (tertiary alicyclic amines) is 1. The van der Waals surface area contributed by atoms with Crippen LogP contribution in [-0.4, -0.2) is 40.0 Å². The van der Waals surface area contributed by atoms with E-state index in [0.29, 0.717) is 19.4 Å². The Hall–Kier alpha value is -2.71. The van der Waals surface area contributed by atoms with Crippen LogP contribution in [0.5, 0.6) is 6.01 Å². The molecule has 1 aromatic heterocycles. The lowest BCUT2D eigenvalue weighted by molar-refractivity contribution is -0.137. The van der Waals surface area contributed by atoms with E-state index < -0.39 is 29.6 Å². The van der Waals surface area contributed by atoms with Crippen molar-refractivity contribution in [1.29, 1.82) is 0 Å². The van der Waals surface area contributed by atoms with Crippen molar-refractivity contribution in [3.05, 3.63) is 53.6 Å². The third kappa shape index (κ3) is 4.27. The van der Waals surface area contributed by atoms with E-state index in [1.54, 1.807) is 0 Å². The minimum atomic E-state index is -4.51. The molecule has 0 N–H and O–H groups in total. The molecular weight excluding hydrogens is 354 g/mol. The monoisotopic (exact) mass is 369 g/mol. The molecule has 0 saturated carbocycles. The predicted octanol–water partition coefficient (Wildman–Crippen LogP) is 3.32. The quantitative estimate of drug-likeness (QED) is 0.779. The molecule has 1 aliphatic heterocycles. The summed E-state index contributed by atoms with van der Waals surface area (Å²) in [5.41, 5.74) is -0.897. The number of nitrogens with zero attached hydrogens (tertiary/aromatic N) is 3. The number of hydrogen-bond acceptors (Lipinski definition) is 4. The lowest BCUT2D eigenvalue weighted by Crippen LogP contribution is -2.44. The Morgan fingerprint density at radius 2 is 1.96 bits per heavy atom. The minimum absolute atomic E-state index is 0.00947. The van der Waals surface area contributed by atoms with Gasteiger partial charge in [0, 0.05) is 12.1 Å². The van der Waals surface area contributed by atoms with Crippen LogP contribution in [0.15, 0.2) is 36.7 Å². The molecular formula is C17H15F4N3O2. The number of halogens is 4. The van der Waals surface area contributed by atoms with Gasteiger partial charge >= 0.3 is 12.2 Å². The van der Waals surface area contributed by atoms with Crippen molar-refractivity contribution in [1.82, 2.24) is 14.9 Å². The van der Waals surface area contributed by atoms with Gasteiger partial charge in [-0.3, -0.25) is 4.79 Å². The molecule has 0 aliphatic carbocycles. The molecule has 1 atom stereocenters. The van der Waals surface area contributed by atoms with Crippen LogP contribution in [0.3, 0.4) is 0 Å². The molecule has 26 heavy (non-hydrogen) atoms. The van der Waals surface area contributed by atoms with Gasteiger partial charge in [-0.2, -0.15) is 13.2 Å². The van der Waals surface area contributed by atoms with Crippen LogP contribution in [0.25, 0.3) is 0 Å². The molecule has 2 heterocycles. The van der Waals surface area contributed by atoms with Crippen molar-refractivity contribution in [3.63, 3.8) is 0 Å². The molecule has 5 nitrogen and oxygen atoms in total. The van der Waals surface area contributed by atoms with Gasteiger partial charge in [0.15, 0.2) is 5.82 Å². The maximum Gasteiger partial charge on any atom is 0.416 e. The second-order valence-electron chi connectivity index (χ2n) is 5.90. The van der Waals surface area contributed by atoms with Crippen LogP contribution < -0.4 is 4.74 Å². The number of piperidine rings is 1.